The predicted octanol–water partition coefficient (Wildman–Crippen LogP) is 4.26. The van der Waals surface area contributed by atoms with Crippen LogP contribution in [0.15, 0.2) is 34.8 Å². The maximum Gasteiger partial charge on any atom is 0.122 e. The van der Waals surface area contributed by atoms with Crippen LogP contribution in [0.1, 0.15) is 32.2 Å². The molecule has 2 atom stereocenters. The van der Waals surface area contributed by atoms with Crippen LogP contribution in [0.4, 0.5) is 5.82 Å². The van der Waals surface area contributed by atoms with Crippen LogP contribution in [-0.2, 0) is 0 Å². The van der Waals surface area contributed by atoms with Gasteiger partial charge in [-0.1, -0.05) is 35.0 Å². The fraction of sp³-hybridized carbons (Fsp3) is 0.400. The number of hydrogen-bond donors (Lipinski definition) is 1. The van der Waals surface area contributed by atoms with Crippen molar-refractivity contribution < 1.29 is 0 Å². The fourth-order valence-electron chi connectivity index (χ4n) is 2.86. The molecule has 100 valence electrons. The van der Waals surface area contributed by atoms with Gasteiger partial charge in [0.2, 0.25) is 0 Å². The maximum absolute atomic E-state index is 6.13. The minimum Gasteiger partial charge on any atom is -0.384 e. The summed E-state index contributed by atoms with van der Waals surface area (Å²) < 4.78 is 3.09. The lowest BCUT2D eigenvalue weighted by Gasteiger charge is -2.11. The van der Waals surface area contributed by atoms with Crippen LogP contribution in [0.5, 0.6) is 0 Å². The highest BCUT2D eigenvalue weighted by Crippen LogP contribution is 2.36. The topological polar surface area (TPSA) is 43.8 Å². The zero-order valence-electron chi connectivity index (χ0n) is 11.0. The van der Waals surface area contributed by atoms with Crippen molar-refractivity contribution in [2.24, 2.45) is 5.92 Å². The lowest BCUT2D eigenvalue weighted by molar-refractivity contribution is 0.457. The third kappa shape index (κ3) is 2.54. The minimum absolute atomic E-state index is 0.471. The molecule has 0 saturated heterocycles. The number of nitrogens with zero attached hydrogens (tertiary/aromatic N) is 2. The van der Waals surface area contributed by atoms with Gasteiger partial charge in [0.1, 0.15) is 5.82 Å². The third-order valence-corrected chi connectivity index (χ3v) is 4.45. The van der Waals surface area contributed by atoms with Crippen LogP contribution in [0.25, 0.3) is 11.3 Å². The molecule has 2 N–H and O–H groups in total. The molecule has 3 nitrogen and oxygen atoms in total. The van der Waals surface area contributed by atoms with Crippen LogP contribution in [0.3, 0.4) is 0 Å². The largest absolute Gasteiger partial charge is 0.384 e. The molecule has 1 aliphatic carbocycles. The summed E-state index contributed by atoms with van der Waals surface area (Å²) in [5.74, 6) is 1.56. The molecule has 1 aromatic heterocycles. The molecular weight excluding hydrogens is 302 g/mol. The molecule has 0 bridgehead atoms. The van der Waals surface area contributed by atoms with Gasteiger partial charge in [-0.25, -0.2) is 4.68 Å². The summed E-state index contributed by atoms with van der Waals surface area (Å²) in [4.78, 5) is 0. The van der Waals surface area contributed by atoms with Gasteiger partial charge in [-0.15, -0.1) is 0 Å². The van der Waals surface area contributed by atoms with E-state index in [1.165, 1.54) is 19.3 Å². The second-order valence-electron chi connectivity index (χ2n) is 5.48. The van der Waals surface area contributed by atoms with Crippen LogP contribution in [0, 0.1) is 5.92 Å². The van der Waals surface area contributed by atoms with Gasteiger partial charge in [0.05, 0.1) is 11.7 Å². The highest BCUT2D eigenvalue weighted by molar-refractivity contribution is 9.10. The maximum atomic E-state index is 6.13. The van der Waals surface area contributed by atoms with Crippen molar-refractivity contribution in [2.45, 2.75) is 32.2 Å². The quantitative estimate of drug-likeness (QED) is 0.899. The van der Waals surface area contributed by atoms with E-state index in [-0.39, 0.29) is 0 Å². The first-order chi connectivity index (χ1) is 9.13. The molecule has 19 heavy (non-hydrogen) atoms. The van der Waals surface area contributed by atoms with Gasteiger partial charge < -0.3 is 5.73 Å². The van der Waals surface area contributed by atoms with Gasteiger partial charge in [0, 0.05) is 16.1 Å². The smallest absolute Gasteiger partial charge is 0.122 e. The van der Waals surface area contributed by atoms with Crippen molar-refractivity contribution in [1.29, 1.82) is 0 Å². The lowest BCUT2D eigenvalue weighted by atomic mass is 10.1. The SMILES string of the molecule is CC1CCC(n2nc(-c3ccc(Br)cc3)cc2N)C1. The average molecular weight is 320 g/mol. The summed E-state index contributed by atoms with van der Waals surface area (Å²) in [7, 11) is 0. The lowest BCUT2D eigenvalue weighted by Crippen LogP contribution is -2.10. The third-order valence-electron chi connectivity index (χ3n) is 3.92. The van der Waals surface area contributed by atoms with Crippen molar-refractivity contribution in [3.05, 3.63) is 34.8 Å². The zero-order valence-corrected chi connectivity index (χ0v) is 12.6. The molecule has 3 rings (SSSR count). The van der Waals surface area contributed by atoms with Crippen molar-refractivity contribution in [3.8, 4) is 11.3 Å². The second kappa shape index (κ2) is 5.00. The number of anilines is 1. The molecule has 1 saturated carbocycles. The Hall–Kier alpha value is -1.29. The Morgan fingerprint density at radius 3 is 2.63 bits per heavy atom. The summed E-state index contributed by atoms with van der Waals surface area (Å²) in [6.07, 6.45) is 3.65. The molecule has 2 unspecified atom stereocenters. The van der Waals surface area contributed by atoms with Crippen molar-refractivity contribution in [2.75, 3.05) is 5.73 Å². The Bertz CT molecular complexity index is 574. The molecular formula is C15H18BrN3. The van der Waals surface area contributed by atoms with E-state index in [9.17, 15) is 0 Å². The van der Waals surface area contributed by atoms with Crippen LogP contribution >= 0.6 is 15.9 Å². The Balaban J connectivity index is 1.90. The van der Waals surface area contributed by atoms with Gasteiger partial charge in [-0.3, -0.25) is 0 Å². The molecule has 1 aromatic carbocycles. The van der Waals surface area contributed by atoms with E-state index in [0.29, 0.717) is 6.04 Å². The number of rotatable bonds is 2. The normalized spacial score (nSPS) is 22.8. The molecule has 0 aliphatic heterocycles. The molecule has 0 radical (unpaired) electrons. The van der Waals surface area contributed by atoms with E-state index >= 15 is 0 Å². The molecule has 1 aliphatic rings. The van der Waals surface area contributed by atoms with Gasteiger partial charge >= 0.3 is 0 Å². The standard InChI is InChI=1S/C15H18BrN3/c1-10-2-7-13(8-10)19-15(17)9-14(18-19)11-3-5-12(16)6-4-11/h3-6,9-10,13H,2,7-8,17H2,1H3. The minimum atomic E-state index is 0.471. The number of halogens is 1. The van der Waals surface area contributed by atoms with E-state index in [2.05, 4.69) is 35.0 Å². The molecule has 2 aromatic rings. The summed E-state index contributed by atoms with van der Waals surface area (Å²) >= 11 is 3.45. The molecule has 1 fully saturated rings. The summed E-state index contributed by atoms with van der Waals surface area (Å²) in [6, 6.07) is 10.6. The van der Waals surface area contributed by atoms with E-state index in [4.69, 9.17) is 10.8 Å². The number of nitrogen functional groups attached to an aromatic ring is 1. The average Bonchev–Trinajstić information content (AvgIpc) is 2.96. The first-order valence-electron chi connectivity index (χ1n) is 6.74. The fourth-order valence-corrected chi connectivity index (χ4v) is 3.13. The highest BCUT2D eigenvalue weighted by atomic mass is 79.9. The second-order valence-corrected chi connectivity index (χ2v) is 6.39. The first kappa shape index (κ1) is 12.7. The van der Waals surface area contributed by atoms with Crippen LogP contribution in [-0.4, -0.2) is 9.78 Å². The number of aromatic nitrogens is 2. The van der Waals surface area contributed by atoms with Gasteiger partial charge in [0.15, 0.2) is 0 Å². The Morgan fingerprint density at radius 1 is 1.26 bits per heavy atom. The molecule has 0 amide bonds. The van der Waals surface area contributed by atoms with E-state index in [1.54, 1.807) is 0 Å². The Morgan fingerprint density at radius 2 is 2.00 bits per heavy atom. The molecule has 4 heteroatoms. The highest BCUT2D eigenvalue weighted by Gasteiger charge is 2.25. The summed E-state index contributed by atoms with van der Waals surface area (Å²) in [6.45, 7) is 2.30. The van der Waals surface area contributed by atoms with Crippen molar-refractivity contribution in [3.63, 3.8) is 0 Å². The van der Waals surface area contributed by atoms with E-state index < -0.39 is 0 Å². The first-order valence-corrected chi connectivity index (χ1v) is 7.54. The van der Waals surface area contributed by atoms with Gasteiger partial charge in [-0.2, -0.15) is 5.10 Å². The molecule has 1 heterocycles. The monoisotopic (exact) mass is 319 g/mol. The zero-order chi connectivity index (χ0) is 13.4. The number of benzene rings is 1. The van der Waals surface area contributed by atoms with Crippen molar-refractivity contribution >= 4 is 21.7 Å². The van der Waals surface area contributed by atoms with Crippen LogP contribution < -0.4 is 5.73 Å². The van der Waals surface area contributed by atoms with E-state index in [1.807, 2.05) is 22.9 Å². The number of nitrogens with two attached hydrogens (primary N) is 1. The van der Waals surface area contributed by atoms with Crippen molar-refractivity contribution in [1.82, 2.24) is 9.78 Å². The predicted molar refractivity (Wildman–Crippen MR) is 81.8 cm³/mol. The Labute approximate surface area is 121 Å². The van der Waals surface area contributed by atoms with Crippen LogP contribution in [0.2, 0.25) is 0 Å². The van der Waals surface area contributed by atoms with Gasteiger partial charge in [0.25, 0.3) is 0 Å². The Kier molecular flexibility index (Phi) is 3.35. The number of hydrogen-bond acceptors (Lipinski definition) is 2. The molecule has 0 spiro atoms. The summed E-state index contributed by atoms with van der Waals surface area (Å²) in [5, 5.41) is 4.70. The van der Waals surface area contributed by atoms with Gasteiger partial charge in [-0.05, 0) is 37.3 Å². The summed E-state index contributed by atoms with van der Waals surface area (Å²) in [5.41, 5.74) is 8.20. The van der Waals surface area contributed by atoms with E-state index in [0.717, 1.165) is 27.5 Å².